The zero-order valence-corrected chi connectivity index (χ0v) is 11.6. The number of hydrogen-bond acceptors (Lipinski definition) is 3. The Morgan fingerprint density at radius 2 is 1.67 bits per heavy atom. The second-order valence-electron chi connectivity index (χ2n) is 4.34. The Morgan fingerprint density at radius 3 is 2.19 bits per heavy atom. The molecule has 0 radical (unpaired) electrons. The van der Waals surface area contributed by atoms with Crippen molar-refractivity contribution < 1.29 is 21.6 Å². The van der Waals surface area contributed by atoms with Crippen molar-refractivity contribution in [3.63, 3.8) is 0 Å². The van der Waals surface area contributed by atoms with Crippen molar-refractivity contribution in [2.24, 2.45) is 0 Å². The molecular weight excluding hydrogens is 305 g/mol. The minimum absolute atomic E-state index is 0.0145. The smallest absolute Gasteiger partial charge is 0.267 e. The molecule has 8 heteroatoms. The molecular formula is C13H11F3N2O2S. The van der Waals surface area contributed by atoms with Gasteiger partial charge in [-0.3, -0.25) is 4.72 Å². The minimum atomic E-state index is -4.58. The number of nitrogens with two attached hydrogens (primary N) is 1. The quantitative estimate of drug-likeness (QED) is 0.855. The third-order valence-corrected chi connectivity index (χ3v) is 4.17. The van der Waals surface area contributed by atoms with E-state index < -0.39 is 32.4 Å². The van der Waals surface area contributed by atoms with E-state index in [1.54, 1.807) is 19.1 Å². The molecule has 2 rings (SSSR count). The molecule has 2 aromatic rings. The van der Waals surface area contributed by atoms with Gasteiger partial charge in [0.1, 0.15) is 17.5 Å². The zero-order chi connectivity index (χ0) is 15.8. The van der Waals surface area contributed by atoms with Gasteiger partial charge < -0.3 is 5.73 Å². The molecule has 112 valence electrons. The summed E-state index contributed by atoms with van der Waals surface area (Å²) in [5.41, 5.74) is 6.22. The van der Waals surface area contributed by atoms with Crippen LogP contribution < -0.4 is 10.5 Å². The summed E-state index contributed by atoms with van der Waals surface area (Å²) in [5, 5.41) is 0. The SMILES string of the molecule is Cc1cccc(N)c1NS(=O)(=O)c1c(F)cc(F)cc1F. The van der Waals surface area contributed by atoms with Gasteiger partial charge in [-0.15, -0.1) is 0 Å². The average molecular weight is 316 g/mol. The van der Waals surface area contributed by atoms with Crippen LogP contribution in [0.3, 0.4) is 0 Å². The third kappa shape index (κ3) is 2.94. The molecule has 0 aliphatic carbocycles. The number of anilines is 2. The van der Waals surface area contributed by atoms with Crippen LogP contribution >= 0.6 is 0 Å². The first kappa shape index (κ1) is 15.2. The van der Waals surface area contributed by atoms with Crippen LogP contribution in [0, 0.1) is 24.4 Å². The Morgan fingerprint density at radius 1 is 1.10 bits per heavy atom. The minimum Gasteiger partial charge on any atom is -0.397 e. The van der Waals surface area contributed by atoms with E-state index in [9.17, 15) is 21.6 Å². The van der Waals surface area contributed by atoms with Crippen LogP contribution in [0.25, 0.3) is 0 Å². The highest BCUT2D eigenvalue weighted by Crippen LogP contribution is 2.28. The van der Waals surface area contributed by atoms with Gasteiger partial charge in [0.05, 0.1) is 11.4 Å². The lowest BCUT2D eigenvalue weighted by molar-refractivity contribution is 0.498. The van der Waals surface area contributed by atoms with Crippen molar-refractivity contribution in [1.29, 1.82) is 0 Å². The van der Waals surface area contributed by atoms with Gasteiger partial charge in [0.25, 0.3) is 10.0 Å². The summed E-state index contributed by atoms with van der Waals surface area (Å²) in [7, 11) is -4.58. The van der Waals surface area contributed by atoms with Crippen molar-refractivity contribution in [3.8, 4) is 0 Å². The second-order valence-corrected chi connectivity index (χ2v) is 5.96. The predicted octanol–water partition coefficient (Wildman–Crippen LogP) is 2.80. The Balaban J connectivity index is 2.54. The summed E-state index contributed by atoms with van der Waals surface area (Å²) in [6.07, 6.45) is 0. The maximum absolute atomic E-state index is 13.6. The first-order valence-corrected chi connectivity index (χ1v) is 7.23. The van der Waals surface area contributed by atoms with Crippen molar-refractivity contribution in [2.75, 3.05) is 10.5 Å². The van der Waals surface area contributed by atoms with Crippen LogP contribution in [0.15, 0.2) is 35.2 Å². The summed E-state index contributed by atoms with van der Waals surface area (Å²) >= 11 is 0. The molecule has 0 fully saturated rings. The summed E-state index contributed by atoms with van der Waals surface area (Å²) in [6, 6.07) is 5.19. The molecule has 4 nitrogen and oxygen atoms in total. The lowest BCUT2D eigenvalue weighted by Crippen LogP contribution is -2.18. The van der Waals surface area contributed by atoms with Gasteiger partial charge in [-0.25, -0.2) is 21.6 Å². The van der Waals surface area contributed by atoms with Gasteiger partial charge in [0, 0.05) is 12.1 Å². The van der Waals surface area contributed by atoms with Crippen molar-refractivity contribution in [3.05, 3.63) is 53.3 Å². The van der Waals surface area contributed by atoms with Crippen molar-refractivity contribution >= 4 is 21.4 Å². The van der Waals surface area contributed by atoms with Gasteiger partial charge >= 0.3 is 0 Å². The van der Waals surface area contributed by atoms with Crippen LogP contribution in [0.2, 0.25) is 0 Å². The van der Waals surface area contributed by atoms with Crippen LogP contribution in [0.5, 0.6) is 0 Å². The highest BCUT2D eigenvalue weighted by atomic mass is 32.2. The molecule has 0 amide bonds. The molecule has 0 bridgehead atoms. The molecule has 2 aromatic carbocycles. The molecule has 3 N–H and O–H groups in total. The Kier molecular flexibility index (Phi) is 3.82. The molecule has 0 spiro atoms. The monoisotopic (exact) mass is 316 g/mol. The maximum atomic E-state index is 13.6. The molecule has 21 heavy (non-hydrogen) atoms. The number of para-hydroxylation sites is 1. The third-order valence-electron chi connectivity index (χ3n) is 2.77. The van der Waals surface area contributed by atoms with E-state index in [-0.39, 0.29) is 11.4 Å². The summed E-state index contributed by atoms with van der Waals surface area (Å²) in [6.45, 7) is 1.57. The number of rotatable bonds is 3. The van der Waals surface area contributed by atoms with Gasteiger partial charge in [-0.05, 0) is 18.6 Å². The largest absolute Gasteiger partial charge is 0.397 e. The topological polar surface area (TPSA) is 72.2 Å². The molecule has 0 aromatic heterocycles. The van der Waals surface area contributed by atoms with E-state index in [0.717, 1.165) is 0 Å². The van der Waals surface area contributed by atoms with E-state index in [2.05, 4.69) is 0 Å². The summed E-state index contributed by atoms with van der Waals surface area (Å²) < 4.78 is 66.2. The van der Waals surface area contributed by atoms with Crippen LogP contribution in [0.4, 0.5) is 24.5 Å². The van der Waals surface area contributed by atoms with E-state index in [4.69, 9.17) is 5.73 Å². The van der Waals surface area contributed by atoms with Crippen LogP contribution in [-0.4, -0.2) is 8.42 Å². The summed E-state index contributed by atoms with van der Waals surface area (Å²) in [4.78, 5) is -1.26. The van der Waals surface area contributed by atoms with Gasteiger partial charge in [0.2, 0.25) is 0 Å². The molecule has 0 saturated carbocycles. The number of aryl methyl sites for hydroxylation is 1. The molecule has 0 unspecified atom stereocenters. The molecule has 0 atom stereocenters. The highest BCUT2D eigenvalue weighted by Gasteiger charge is 2.26. The van der Waals surface area contributed by atoms with E-state index >= 15 is 0 Å². The number of halogens is 3. The lowest BCUT2D eigenvalue weighted by atomic mass is 10.2. The van der Waals surface area contributed by atoms with E-state index in [1.807, 2.05) is 4.72 Å². The first-order chi connectivity index (χ1) is 9.72. The molecule has 0 saturated heterocycles. The summed E-state index contributed by atoms with van der Waals surface area (Å²) in [5.74, 6) is -4.25. The average Bonchev–Trinajstić information content (AvgIpc) is 2.32. The second kappa shape index (κ2) is 5.28. The van der Waals surface area contributed by atoms with E-state index in [0.29, 0.717) is 17.7 Å². The fourth-order valence-corrected chi connectivity index (χ4v) is 3.08. The number of sulfonamides is 1. The van der Waals surface area contributed by atoms with Crippen LogP contribution in [-0.2, 0) is 10.0 Å². The van der Waals surface area contributed by atoms with Crippen LogP contribution in [0.1, 0.15) is 5.56 Å². The number of nitrogens with one attached hydrogen (secondary N) is 1. The Hall–Kier alpha value is -2.22. The Labute approximate surface area is 119 Å². The predicted molar refractivity (Wildman–Crippen MR) is 72.7 cm³/mol. The zero-order valence-electron chi connectivity index (χ0n) is 10.8. The molecule has 0 heterocycles. The molecule has 0 aliphatic heterocycles. The maximum Gasteiger partial charge on any atom is 0.267 e. The van der Waals surface area contributed by atoms with Crippen molar-refractivity contribution in [2.45, 2.75) is 11.8 Å². The highest BCUT2D eigenvalue weighted by molar-refractivity contribution is 7.92. The normalized spacial score (nSPS) is 11.4. The fraction of sp³-hybridized carbons (Fsp3) is 0.0769. The standard InChI is InChI=1S/C13H11F3N2O2S/c1-7-3-2-4-11(17)12(7)18-21(19,20)13-9(15)5-8(14)6-10(13)16/h2-6,18H,17H2,1H3. The number of nitrogen functional groups attached to an aromatic ring is 1. The van der Waals surface area contributed by atoms with Gasteiger partial charge in [0.15, 0.2) is 4.90 Å². The van der Waals surface area contributed by atoms with Crippen molar-refractivity contribution in [1.82, 2.24) is 0 Å². The Bertz CT molecular complexity index is 764. The van der Waals surface area contributed by atoms with E-state index in [1.165, 1.54) is 6.07 Å². The first-order valence-electron chi connectivity index (χ1n) is 5.75. The number of hydrogen-bond donors (Lipinski definition) is 2. The number of benzene rings is 2. The van der Waals surface area contributed by atoms with Gasteiger partial charge in [-0.2, -0.15) is 0 Å². The lowest BCUT2D eigenvalue weighted by Gasteiger charge is -2.13. The fourth-order valence-electron chi connectivity index (χ4n) is 1.80. The van der Waals surface area contributed by atoms with Gasteiger partial charge in [-0.1, -0.05) is 12.1 Å². The molecule has 0 aliphatic rings.